The second-order valence-corrected chi connectivity index (χ2v) is 5.29. The minimum absolute atomic E-state index is 0.0298. The first-order valence-electron chi connectivity index (χ1n) is 7.07. The molecule has 20 heavy (non-hydrogen) atoms. The Morgan fingerprint density at radius 3 is 2.85 bits per heavy atom. The molecule has 3 heteroatoms. The number of hydrogen-bond acceptors (Lipinski definition) is 2. The number of rotatable bonds is 3. The average Bonchev–Trinajstić information content (AvgIpc) is 2.95. The number of hydrogen-bond donors (Lipinski definition) is 1. The van der Waals surface area contributed by atoms with Crippen molar-refractivity contribution in [2.75, 3.05) is 0 Å². The number of carbonyl (C=O) groups is 1. The zero-order chi connectivity index (χ0) is 13.9. The lowest BCUT2D eigenvalue weighted by Crippen LogP contribution is -2.27. The van der Waals surface area contributed by atoms with Gasteiger partial charge < -0.3 is 5.32 Å². The van der Waals surface area contributed by atoms with Gasteiger partial charge in [0.05, 0.1) is 11.7 Å². The largest absolute Gasteiger partial charge is 0.344 e. The normalized spacial score (nSPS) is 14.7. The van der Waals surface area contributed by atoms with E-state index in [0.717, 1.165) is 24.1 Å². The molecule has 1 aromatic heterocycles. The molecule has 1 heterocycles. The first-order chi connectivity index (χ1) is 9.74. The van der Waals surface area contributed by atoms with Crippen molar-refractivity contribution in [3.63, 3.8) is 0 Å². The summed E-state index contributed by atoms with van der Waals surface area (Å²) in [5.41, 5.74) is 4.33. The number of pyridine rings is 1. The Balaban J connectivity index is 1.73. The van der Waals surface area contributed by atoms with Gasteiger partial charge in [0.1, 0.15) is 0 Å². The SMILES string of the molecule is C[C@H](NC(=O)c1ccc2c(c1)CCC2)c1ccccn1. The minimum atomic E-state index is -0.0862. The quantitative estimate of drug-likeness (QED) is 0.927. The van der Waals surface area contributed by atoms with Gasteiger partial charge in [0.25, 0.3) is 5.91 Å². The predicted octanol–water partition coefficient (Wildman–Crippen LogP) is 3.06. The molecule has 0 saturated carbocycles. The van der Waals surface area contributed by atoms with E-state index in [-0.39, 0.29) is 11.9 Å². The molecule has 0 spiro atoms. The first kappa shape index (κ1) is 12.9. The van der Waals surface area contributed by atoms with Crippen LogP contribution in [0.5, 0.6) is 0 Å². The molecule has 102 valence electrons. The number of fused-ring (bicyclic) bond motifs is 1. The van der Waals surface area contributed by atoms with Crippen molar-refractivity contribution in [1.82, 2.24) is 10.3 Å². The maximum atomic E-state index is 12.3. The van der Waals surface area contributed by atoms with E-state index in [4.69, 9.17) is 0 Å². The van der Waals surface area contributed by atoms with Gasteiger partial charge in [-0.25, -0.2) is 0 Å². The number of nitrogens with one attached hydrogen (secondary N) is 1. The molecule has 0 fully saturated rings. The molecule has 1 aliphatic carbocycles. The Morgan fingerprint density at radius 1 is 1.20 bits per heavy atom. The lowest BCUT2D eigenvalue weighted by atomic mass is 10.1. The van der Waals surface area contributed by atoms with Gasteiger partial charge in [0, 0.05) is 11.8 Å². The van der Waals surface area contributed by atoms with E-state index in [1.165, 1.54) is 17.5 Å². The van der Waals surface area contributed by atoms with Crippen LogP contribution in [0.25, 0.3) is 0 Å². The fraction of sp³-hybridized carbons (Fsp3) is 0.294. The number of aromatic nitrogens is 1. The van der Waals surface area contributed by atoms with E-state index >= 15 is 0 Å². The molecule has 1 atom stereocenters. The summed E-state index contributed by atoms with van der Waals surface area (Å²) in [7, 11) is 0. The zero-order valence-corrected chi connectivity index (χ0v) is 11.6. The number of nitrogens with zero attached hydrogens (tertiary/aromatic N) is 1. The van der Waals surface area contributed by atoms with Crippen LogP contribution in [0.2, 0.25) is 0 Å². The van der Waals surface area contributed by atoms with Crippen molar-refractivity contribution in [1.29, 1.82) is 0 Å². The van der Waals surface area contributed by atoms with Crippen LogP contribution in [0.4, 0.5) is 0 Å². The highest BCUT2D eigenvalue weighted by atomic mass is 16.1. The number of carbonyl (C=O) groups excluding carboxylic acids is 1. The summed E-state index contributed by atoms with van der Waals surface area (Å²) in [6, 6.07) is 11.7. The summed E-state index contributed by atoms with van der Waals surface area (Å²) in [6.45, 7) is 1.95. The molecule has 2 aromatic rings. The second kappa shape index (κ2) is 5.45. The molecule has 1 aliphatic rings. The van der Waals surface area contributed by atoms with Crippen LogP contribution in [0.1, 0.15) is 46.6 Å². The van der Waals surface area contributed by atoms with Crippen LogP contribution >= 0.6 is 0 Å². The molecule has 0 bridgehead atoms. The average molecular weight is 266 g/mol. The Kier molecular flexibility index (Phi) is 3.50. The van der Waals surface area contributed by atoms with Crippen LogP contribution in [-0.2, 0) is 12.8 Å². The van der Waals surface area contributed by atoms with E-state index in [1.54, 1.807) is 6.20 Å². The van der Waals surface area contributed by atoms with Gasteiger partial charge in [0.15, 0.2) is 0 Å². The molecule has 1 amide bonds. The first-order valence-corrected chi connectivity index (χ1v) is 7.07. The molecular weight excluding hydrogens is 248 g/mol. The van der Waals surface area contributed by atoms with Gasteiger partial charge in [-0.15, -0.1) is 0 Å². The molecule has 0 radical (unpaired) electrons. The van der Waals surface area contributed by atoms with Crippen LogP contribution in [0.3, 0.4) is 0 Å². The summed E-state index contributed by atoms with van der Waals surface area (Å²) in [5.74, 6) is -0.0298. The number of benzene rings is 1. The van der Waals surface area contributed by atoms with E-state index in [9.17, 15) is 4.79 Å². The highest BCUT2D eigenvalue weighted by Crippen LogP contribution is 2.23. The van der Waals surface area contributed by atoms with Gasteiger partial charge in [0.2, 0.25) is 0 Å². The summed E-state index contributed by atoms with van der Waals surface area (Å²) < 4.78 is 0. The Labute approximate surface area is 119 Å². The monoisotopic (exact) mass is 266 g/mol. The molecule has 0 unspecified atom stereocenters. The van der Waals surface area contributed by atoms with Gasteiger partial charge in [-0.2, -0.15) is 0 Å². The number of aryl methyl sites for hydroxylation is 2. The van der Waals surface area contributed by atoms with Gasteiger partial charge in [-0.3, -0.25) is 9.78 Å². The van der Waals surface area contributed by atoms with Crippen molar-refractivity contribution in [3.05, 3.63) is 65.0 Å². The second-order valence-electron chi connectivity index (χ2n) is 5.29. The zero-order valence-electron chi connectivity index (χ0n) is 11.6. The molecular formula is C17H18N2O. The molecule has 3 nitrogen and oxygen atoms in total. The van der Waals surface area contributed by atoms with Crippen LogP contribution in [0, 0.1) is 0 Å². The third-order valence-electron chi connectivity index (χ3n) is 3.84. The molecule has 1 aromatic carbocycles. The Hall–Kier alpha value is -2.16. The third-order valence-corrected chi connectivity index (χ3v) is 3.84. The Bertz CT molecular complexity index is 622. The highest BCUT2D eigenvalue weighted by Gasteiger charge is 2.16. The van der Waals surface area contributed by atoms with Crippen molar-refractivity contribution < 1.29 is 4.79 Å². The fourth-order valence-electron chi connectivity index (χ4n) is 2.70. The van der Waals surface area contributed by atoms with Gasteiger partial charge in [-0.1, -0.05) is 12.1 Å². The molecule has 0 saturated heterocycles. The lowest BCUT2D eigenvalue weighted by molar-refractivity contribution is 0.0939. The van der Waals surface area contributed by atoms with E-state index in [0.29, 0.717) is 0 Å². The smallest absolute Gasteiger partial charge is 0.251 e. The summed E-state index contributed by atoms with van der Waals surface area (Å²) >= 11 is 0. The standard InChI is InChI=1S/C17H18N2O/c1-12(16-7-2-3-10-18-16)19-17(20)15-9-8-13-5-4-6-14(13)11-15/h2-3,7-12H,4-6H2,1H3,(H,19,20)/t12-/m0/s1. The van der Waals surface area contributed by atoms with Crippen molar-refractivity contribution in [2.24, 2.45) is 0 Å². The molecule has 0 aliphatic heterocycles. The molecule has 3 rings (SSSR count). The van der Waals surface area contributed by atoms with Gasteiger partial charge >= 0.3 is 0 Å². The van der Waals surface area contributed by atoms with Crippen LogP contribution in [-0.4, -0.2) is 10.9 Å². The van der Waals surface area contributed by atoms with Crippen molar-refractivity contribution in [2.45, 2.75) is 32.2 Å². The van der Waals surface area contributed by atoms with E-state index < -0.39 is 0 Å². The summed E-state index contributed by atoms with van der Waals surface area (Å²) in [4.78, 5) is 16.6. The highest BCUT2D eigenvalue weighted by molar-refractivity contribution is 5.94. The third kappa shape index (κ3) is 2.57. The minimum Gasteiger partial charge on any atom is -0.344 e. The summed E-state index contributed by atoms with van der Waals surface area (Å²) in [6.07, 6.45) is 5.17. The van der Waals surface area contributed by atoms with Crippen molar-refractivity contribution >= 4 is 5.91 Å². The van der Waals surface area contributed by atoms with Crippen LogP contribution < -0.4 is 5.32 Å². The number of amides is 1. The Morgan fingerprint density at radius 2 is 2.05 bits per heavy atom. The van der Waals surface area contributed by atoms with E-state index in [2.05, 4.69) is 16.4 Å². The predicted molar refractivity (Wildman–Crippen MR) is 78.6 cm³/mol. The lowest BCUT2D eigenvalue weighted by Gasteiger charge is -2.13. The maximum Gasteiger partial charge on any atom is 0.251 e. The van der Waals surface area contributed by atoms with Crippen LogP contribution in [0.15, 0.2) is 42.6 Å². The summed E-state index contributed by atoms with van der Waals surface area (Å²) in [5, 5.41) is 3.00. The van der Waals surface area contributed by atoms with E-state index in [1.807, 2.05) is 37.3 Å². The van der Waals surface area contributed by atoms with Crippen molar-refractivity contribution in [3.8, 4) is 0 Å². The topological polar surface area (TPSA) is 42.0 Å². The fourth-order valence-corrected chi connectivity index (χ4v) is 2.70. The molecule has 1 N–H and O–H groups in total. The maximum absolute atomic E-state index is 12.3. The van der Waals surface area contributed by atoms with Gasteiger partial charge in [-0.05, 0) is 61.6 Å².